The van der Waals surface area contributed by atoms with E-state index in [1.54, 1.807) is 18.2 Å². The first kappa shape index (κ1) is 17.5. The van der Waals surface area contributed by atoms with Crippen LogP contribution >= 0.6 is 11.3 Å². The molecule has 0 bridgehead atoms. The van der Waals surface area contributed by atoms with Crippen molar-refractivity contribution in [3.8, 4) is 11.3 Å². The summed E-state index contributed by atoms with van der Waals surface area (Å²) in [6.45, 7) is 1.92. The van der Waals surface area contributed by atoms with E-state index in [1.165, 1.54) is 41.2 Å². The SMILES string of the molecule is Cc1nc(-c2cccc(NS(=O)(=O)c3ccc4oc(=O)n(C)c4c3)c2)cs1. The van der Waals surface area contributed by atoms with Crippen LogP contribution in [0.25, 0.3) is 22.4 Å². The summed E-state index contributed by atoms with van der Waals surface area (Å²) in [6.07, 6.45) is 0. The second-order valence-corrected chi connectivity index (χ2v) is 8.74. The molecule has 0 amide bonds. The highest BCUT2D eigenvalue weighted by atomic mass is 32.2. The number of nitrogens with one attached hydrogen (secondary N) is 1. The van der Waals surface area contributed by atoms with Crippen LogP contribution in [-0.4, -0.2) is 18.0 Å². The Labute approximate surface area is 159 Å². The van der Waals surface area contributed by atoms with Crippen LogP contribution in [0.4, 0.5) is 5.69 Å². The number of hydrogen-bond donors (Lipinski definition) is 1. The maximum atomic E-state index is 12.8. The highest BCUT2D eigenvalue weighted by molar-refractivity contribution is 7.92. The van der Waals surface area contributed by atoms with E-state index in [0.29, 0.717) is 16.8 Å². The Morgan fingerprint density at radius 1 is 1.19 bits per heavy atom. The minimum atomic E-state index is -3.83. The Kier molecular flexibility index (Phi) is 4.12. The molecule has 1 N–H and O–H groups in total. The lowest BCUT2D eigenvalue weighted by Crippen LogP contribution is -2.13. The van der Waals surface area contributed by atoms with Crippen molar-refractivity contribution in [2.45, 2.75) is 11.8 Å². The first-order valence-corrected chi connectivity index (χ1v) is 10.3. The summed E-state index contributed by atoms with van der Waals surface area (Å²) < 4.78 is 34.4. The lowest BCUT2D eigenvalue weighted by atomic mass is 10.1. The van der Waals surface area contributed by atoms with E-state index < -0.39 is 15.8 Å². The zero-order chi connectivity index (χ0) is 19.2. The van der Waals surface area contributed by atoms with Crippen molar-refractivity contribution in [1.82, 2.24) is 9.55 Å². The molecular formula is C18H15N3O4S2. The molecule has 2 heterocycles. The molecule has 2 aromatic heterocycles. The molecule has 138 valence electrons. The minimum absolute atomic E-state index is 0.0429. The number of aromatic nitrogens is 2. The molecule has 4 rings (SSSR count). The van der Waals surface area contributed by atoms with Crippen LogP contribution in [0.5, 0.6) is 0 Å². The summed E-state index contributed by atoms with van der Waals surface area (Å²) in [7, 11) is -2.31. The molecule has 7 nitrogen and oxygen atoms in total. The van der Waals surface area contributed by atoms with Gasteiger partial charge in [0.2, 0.25) is 0 Å². The molecule has 9 heteroatoms. The average molecular weight is 401 g/mol. The van der Waals surface area contributed by atoms with E-state index in [1.807, 2.05) is 18.4 Å². The van der Waals surface area contributed by atoms with E-state index in [2.05, 4.69) is 9.71 Å². The maximum Gasteiger partial charge on any atom is 0.419 e. The van der Waals surface area contributed by atoms with Crippen molar-refractivity contribution in [2.75, 3.05) is 4.72 Å². The van der Waals surface area contributed by atoms with E-state index in [0.717, 1.165) is 16.3 Å². The molecular weight excluding hydrogens is 386 g/mol. The van der Waals surface area contributed by atoms with Crippen LogP contribution in [0.3, 0.4) is 0 Å². The molecule has 2 aromatic carbocycles. The predicted octanol–water partition coefficient (Wildman–Crippen LogP) is 3.36. The highest BCUT2D eigenvalue weighted by Crippen LogP contribution is 2.26. The molecule has 0 fully saturated rings. The van der Waals surface area contributed by atoms with Gasteiger partial charge >= 0.3 is 5.76 Å². The van der Waals surface area contributed by atoms with E-state index in [9.17, 15) is 13.2 Å². The van der Waals surface area contributed by atoms with Crippen LogP contribution in [0, 0.1) is 6.92 Å². The Morgan fingerprint density at radius 3 is 2.74 bits per heavy atom. The minimum Gasteiger partial charge on any atom is -0.408 e. The number of oxazole rings is 1. The van der Waals surface area contributed by atoms with Gasteiger partial charge in [0.15, 0.2) is 5.58 Å². The van der Waals surface area contributed by atoms with Crippen LogP contribution < -0.4 is 10.5 Å². The number of sulfonamides is 1. The third kappa shape index (κ3) is 3.26. The van der Waals surface area contributed by atoms with Gasteiger partial charge in [-0.2, -0.15) is 0 Å². The topological polar surface area (TPSA) is 94.2 Å². The second-order valence-electron chi connectivity index (χ2n) is 5.99. The zero-order valence-electron chi connectivity index (χ0n) is 14.5. The van der Waals surface area contributed by atoms with Crippen molar-refractivity contribution in [3.63, 3.8) is 0 Å². The fourth-order valence-electron chi connectivity index (χ4n) is 2.73. The maximum absolute atomic E-state index is 12.8. The van der Waals surface area contributed by atoms with Crippen molar-refractivity contribution >= 4 is 38.1 Å². The third-order valence-corrected chi connectivity index (χ3v) is 6.26. The lowest BCUT2D eigenvalue weighted by Gasteiger charge is -2.09. The van der Waals surface area contributed by atoms with Crippen LogP contribution in [0.2, 0.25) is 0 Å². The Hall–Kier alpha value is -2.91. The van der Waals surface area contributed by atoms with Crippen LogP contribution in [-0.2, 0) is 17.1 Å². The lowest BCUT2D eigenvalue weighted by molar-refractivity contribution is 0.528. The second kappa shape index (κ2) is 6.36. The van der Waals surface area contributed by atoms with Gasteiger partial charge in [-0.05, 0) is 37.3 Å². The smallest absolute Gasteiger partial charge is 0.408 e. The summed E-state index contributed by atoms with van der Waals surface area (Å²) in [5.74, 6) is -0.543. The first-order valence-electron chi connectivity index (χ1n) is 7.98. The quantitative estimate of drug-likeness (QED) is 0.566. The number of thiazole rings is 1. The van der Waals surface area contributed by atoms with Gasteiger partial charge < -0.3 is 4.42 Å². The summed E-state index contributed by atoms with van der Waals surface area (Å²) in [6, 6.07) is 11.3. The highest BCUT2D eigenvalue weighted by Gasteiger charge is 2.17. The standard InChI is InChI=1S/C18H15N3O4S2/c1-11-19-15(10-26-11)12-4-3-5-13(8-12)20-27(23,24)14-6-7-17-16(9-14)21(2)18(22)25-17/h3-10,20H,1-2H3. The Bertz CT molecular complexity index is 1320. The summed E-state index contributed by atoms with van der Waals surface area (Å²) >= 11 is 1.53. The number of anilines is 1. The number of benzene rings is 2. The molecule has 0 spiro atoms. The molecule has 0 aliphatic rings. The van der Waals surface area contributed by atoms with Crippen LogP contribution in [0.15, 0.2) is 62.0 Å². The first-order chi connectivity index (χ1) is 12.8. The van der Waals surface area contributed by atoms with Crippen molar-refractivity contribution in [3.05, 3.63) is 63.4 Å². The average Bonchev–Trinajstić information content (AvgIpc) is 3.18. The molecule has 0 aliphatic carbocycles. The molecule has 0 atom stereocenters. The van der Waals surface area contributed by atoms with Gasteiger partial charge in [-0.3, -0.25) is 9.29 Å². The fraction of sp³-hybridized carbons (Fsp3) is 0.111. The monoisotopic (exact) mass is 401 g/mol. The Morgan fingerprint density at radius 2 is 2.00 bits per heavy atom. The largest absolute Gasteiger partial charge is 0.419 e. The Balaban J connectivity index is 1.69. The normalized spacial score (nSPS) is 11.8. The van der Waals surface area contributed by atoms with Crippen LogP contribution in [0.1, 0.15) is 5.01 Å². The van der Waals surface area contributed by atoms with Crippen molar-refractivity contribution < 1.29 is 12.8 Å². The number of rotatable bonds is 4. The number of fused-ring (bicyclic) bond motifs is 1. The van der Waals surface area contributed by atoms with Gasteiger partial charge in [0, 0.05) is 23.7 Å². The number of hydrogen-bond acceptors (Lipinski definition) is 6. The molecule has 0 saturated heterocycles. The molecule has 0 aliphatic heterocycles. The molecule has 4 aromatic rings. The molecule has 0 saturated carbocycles. The van der Waals surface area contributed by atoms with Gasteiger partial charge in [0.1, 0.15) is 0 Å². The van der Waals surface area contributed by atoms with Gasteiger partial charge in [-0.25, -0.2) is 18.2 Å². The van der Waals surface area contributed by atoms with Gasteiger partial charge in [-0.15, -0.1) is 11.3 Å². The summed E-state index contributed by atoms with van der Waals surface area (Å²) in [4.78, 5) is 16.1. The van der Waals surface area contributed by atoms with Gasteiger partial charge in [0.05, 0.1) is 21.1 Å². The molecule has 0 radical (unpaired) electrons. The zero-order valence-corrected chi connectivity index (χ0v) is 16.1. The summed E-state index contributed by atoms with van der Waals surface area (Å²) in [5, 5.41) is 2.87. The summed E-state index contributed by atoms with van der Waals surface area (Å²) in [5.41, 5.74) is 2.80. The van der Waals surface area contributed by atoms with E-state index >= 15 is 0 Å². The number of aryl methyl sites for hydroxylation is 2. The van der Waals surface area contributed by atoms with Gasteiger partial charge in [0.25, 0.3) is 10.0 Å². The third-order valence-electron chi connectivity index (χ3n) is 4.10. The fourth-order valence-corrected chi connectivity index (χ4v) is 4.42. The van der Waals surface area contributed by atoms with Gasteiger partial charge in [-0.1, -0.05) is 12.1 Å². The number of nitrogens with zero attached hydrogens (tertiary/aromatic N) is 2. The van der Waals surface area contributed by atoms with Crippen molar-refractivity contribution in [1.29, 1.82) is 0 Å². The van der Waals surface area contributed by atoms with E-state index in [-0.39, 0.29) is 4.90 Å². The van der Waals surface area contributed by atoms with E-state index in [4.69, 9.17) is 4.42 Å². The molecule has 0 unspecified atom stereocenters. The molecule has 27 heavy (non-hydrogen) atoms. The predicted molar refractivity (Wildman–Crippen MR) is 105 cm³/mol. The van der Waals surface area contributed by atoms with Crippen molar-refractivity contribution in [2.24, 2.45) is 7.05 Å².